The summed E-state index contributed by atoms with van der Waals surface area (Å²) in [6.45, 7) is 0.0777. The number of benzene rings is 2. The Kier molecular flexibility index (Phi) is 4.06. The predicted octanol–water partition coefficient (Wildman–Crippen LogP) is 1.73. The van der Waals surface area contributed by atoms with Crippen molar-refractivity contribution in [3.05, 3.63) is 42.5 Å². The summed E-state index contributed by atoms with van der Waals surface area (Å²) in [4.78, 5) is 25.8. The van der Waals surface area contributed by atoms with Gasteiger partial charge >= 0.3 is 5.97 Å². The van der Waals surface area contributed by atoms with Crippen molar-refractivity contribution in [2.75, 3.05) is 24.7 Å². The maximum atomic E-state index is 12.3. The Morgan fingerprint density at radius 1 is 1.23 bits per heavy atom. The molecule has 1 aliphatic heterocycles. The summed E-state index contributed by atoms with van der Waals surface area (Å²) >= 11 is 0. The highest BCUT2D eigenvalue weighted by Crippen LogP contribution is 2.31. The Morgan fingerprint density at radius 3 is 2.82 bits per heavy atom. The average molecular weight is 299 g/mol. The first kappa shape index (κ1) is 14.5. The van der Waals surface area contributed by atoms with Crippen LogP contribution in [-0.2, 0) is 14.3 Å². The second-order valence-corrected chi connectivity index (χ2v) is 5.29. The van der Waals surface area contributed by atoms with Crippen LogP contribution >= 0.6 is 0 Å². The van der Waals surface area contributed by atoms with Crippen LogP contribution in [0.25, 0.3) is 10.8 Å². The molecule has 1 saturated heterocycles. The summed E-state index contributed by atoms with van der Waals surface area (Å²) in [5, 5.41) is 10.7. The number of hydrogen-bond donors (Lipinski definition) is 1. The fraction of sp³-hybridized carbons (Fsp3) is 0.294. The van der Waals surface area contributed by atoms with Gasteiger partial charge in [-0.3, -0.25) is 9.59 Å². The van der Waals surface area contributed by atoms with E-state index in [0.29, 0.717) is 6.54 Å². The lowest BCUT2D eigenvalue weighted by Crippen LogP contribution is -2.26. The lowest BCUT2D eigenvalue weighted by atomic mass is 10.1. The molecule has 114 valence electrons. The van der Waals surface area contributed by atoms with Gasteiger partial charge < -0.3 is 14.7 Å². The second kappa shape index (κ2) is 6.15. The van der Waals surface area contributed by atoms with Crippen molar-refractivity contribution in [3.8, 4) is 0 Å². The Balaban J connectivity index is 1.86. The molecule has 2 aromatic carbocycles. The van der Waals surface area contributed by atoms with E-state index in [9.17, 15) is 9.59 Å². The third-order valence-corrected chi connectivity index (χ3v) is 3.85. The van der Waals surface area contributed by atoms with Crippen LogP contribution in [0.15, 0.2) is 42.5 Å². The van der Waals surface area contributed by atoms with E-state index >= 15 is 0 Å². The van der Waals surface area contributed by atoms with Crippen LogP contribution in [0.1, 0.15) is 6.42 Å². The lowest BCUT2D eigenvalue weighted by Gasteiger charge is -2.18. The number of carbonyl (C=O) groups excluding carboxylic acids is 2. The molecule has 1 atom stereocenters. The fourth-order valence-corrected chi connectivity index (χ4v) is 2.81. The molecule has 0 aromatic heterocycles. The minimum atomic E-state index is -0.474. The number of carbonyl (C=O) groups is 2. The third kappa shape index (κ3) is 2.67. The van der Waals surface area contributed by atoms with E-state index in [4.69, 9.17) is 9.84 Å². The second-order valence-electron chi connectivity index (χ2n) is 5.29. The van der Waals surface area contributed by atoms with Crippen LogP contribution in [0.2, 0.25) is 0 Å². The number of aliphatic hydroxyl groups excluding tert-OH is 1. The first-order valence-corrected chi connectivity index (χ1v) is 7.26. The Hall–Kier alpha value is -2.40. The predicted molar refractivity (Wildman–Crippen MR) is 82.5 cm³/mol. The van der Waals surface area contributed by atoms with Crippen molar-refractivity contribution in [2.45, 2.75) is 6.42 Å². The molecule has 0 saturated carbocycles. The van der Waals surface area contributed by atoms with Crippen molar-refractivity contribution in [3.63, 3.8) is 0 Å². The molecule has 0 radical (unpaired) electrons. The molecule has 1 aliphatic rings. The van der Waals surface area contributed by atoms with E-state index in [-0.39, 0.29) is 25.5 Å². The molecule has 2 aromatic rings. The Labute approximate surface area is 128 Å². The molecule has 0 aliphatic carbocycles. The molecule has 0 bridgehead atoms. The van der Waals surface area contributed by atoms with Crippen molar-refractivity contribution < 1.29 is 19.4 Å². The van der Waals surface area contributed by atoms with Crippen LogP contribution in [0.4, 0.5) is 5.69 Å². The molecule has 0 spiro atoms. The number of amides is 1. The summed E-state index contributed by atoms with van der Waals surface area (Å²) < 4.78 is 4.93. The fourth-order valence-electron chi connectivity index (χ4n) is 2.81. The van der Waals surface area contributed by atoms with Crippen LogP contribution in [0, 0.1) is 5.92 Å². The maximum Gasteiger partial charge on any atom is 0.311 e. The number of nitrogens with zero attached hydrogens (tertiary/aromatic N) is 1. The van der Waals surface area contributed by atoms with Crippen LogP contribution in [0.5, 0.6) is 0 Å². The minimum absolute atomic E-state index is 0.0300. The van der Waals surface area contributed by atoms with Crippen molar-refractivity contribution in [1.82, 2.24) is 0 Å². The van der Waals surface area contributed by atoms with E-state index in [1.807, 2.05) is 42.5 Å². The number of fused-ring (bicyclic) bond motifs is 1. The molecule has 3 rings (SSSR count). The van der Waals surface area contributed by atoms with Gasteiger partial charge in [0.1, 0.15) is 6.61 Å². The van der Waals surface area contributed by atoms with Gasteiger partial charge in [-0.05, 0) is 11.5 Å². The lowest BCUT2D eigenvalue weighted by molar-refractivity contribution is -0.149. The first-order valence-electron chi connectivity index (χ1n) is 7.26. The van der Waals surface area contributed by atoms with Gasteiger partial charge in [0, 0.05) is 18.4 Å². The highest BCUT2D eigenvalue weighted by Gasteiger charge is 2.36. The summed E-state index contributed by atoms with van der Waals surface area (Å²) in [6.07, 6.45) is 0.146. The number of hydrogen-bond acceptors (Lipinski definition) is 4. The van der Waals surface area contributed by atoms with E-state index < -0.39 is 11.9 Å². The number of ether oxygens (including phenoxy) is 1. The van der Waals surface area contributed by atoms with Gasteiger partial charge in [-0.25, -0.2) is 0 Å². The molecule has 22 heavy (non-hydrogen) atoms. The topological polar surface area (TPSA) is 66.8 Å². The molecular weight excluding hydrogens is 282 g/mol. The summed E-state index contributed by atoms with van der Waals surface area (Å²) in [5.41, 5.74) is 0.820. The van der Waals surface area contributed by atoms with Crippen molar-refractivity contribution in [2.24, 2.45) is 5.92 Å². The van der Waals surface area contributed by atoms with Gasteiger partial charge in [-0.15, -0.1) is 0 Å². The third-order valence-electron chi connectivity index (χ3n) is 3.85. The number of aliphatic hydroxyl groups is 1. The molecule has 1 fully saturated rings. The minimum Gasteiger partial charge on any atom is -0.463 e. The van der Waals surface area contributed by atoms with Gasteiger partial charge in [0.15, 0.2) is 0 Å². The van der Waals surface area contributed by atoms with Crippen molar-refractivity contribution >= 4 is 28.3 Å². The number of rotatable bonds is 4. The standard InChI is InChI=1S/C17H17NO4/c19-8-9-22-17(21)13-10-16(20)18(11-13)15-7-3-5-12-4-1-2-6-14(12)15/h1-7,13,19H,8-11H2/t13-/m1/s1. The first-order chi connectivity index (χ1) is 10.7. The van der Waals surface area contributed by atoms with Crippen LogP contribution < -0.4 is 4.90 Å². The van der Waals surface area contributed by atoms with Gasteiger partial charge in [0.2, 0.25) is 5.91 Å². The van der Waals surface area contributed by atoms with Gasteiger partial charge in [-0.2, -0.15) is 0 Å². The molecule has 1 heterocycles. The summed E-state index contributed by atoms with van der Waals surface area (Å²) in [6, 6.07) is 13.6. The summed E-state index contributed by atoms with van der Waals surface area (Å²) in [5.74, 6) is -0.981. The van der Waals surface area contributed by atoms with Gasteiger partial charge in [-0.1, -0.05) is 36.4 Å². The SMILES string of the molecule is O=C(OCCO)[C@@H]1CC(=O)N(c2cccc3ccccc23)C1. The molecule has 1 N–H and O–H groups in total. The molecule has 5 heteroatoms. The Bertz CT molecular complexity index is 707. The molecular formula is C17H17NO4. The zero-order valence-corrected chi connectivity index (χ0v) is 12.1. The number of esters is 1. The highest BCUT2D eigenvalue weighted by molar-refractivity contribution is 6.06. The van der Waals surface area contributed by atoms with Crippen LogP contribution in [0.3, 0.4) is 0 Å². The average Bonchev–Trinajstić information content (AvgIpc) is 2.94. The molecule has 5 nitrogen and oxygen atoms in total. The van der Waals surface area contributed by atoms with Gasteiger partial charge in [0.25, 0.3) is 0 Å². The van der Waals surface area contributed by atoms with E-state index in [2.05, 4.69) is 0 Å². The van der Waals surface area contributed by atoms with Gasteiger partial charge in [0.05, 0.1) is 18.2 Å². The largest absolute Gasteiger partial charge is 0.463 e. The molecule has 1 amide bonds. The Morgan fingerprint density at radius 2 is 2.00 bits per heavy atom. The summed E-state index contributed by atoms with van der Waals surface area (Å²) in [7, 11) is 0. The molecule has 0 unspecified atom stereocenters. The zero-order chi connectivity index (χ0) is 15.5. The van der Waals surface area contributed by atoms with E-state index in [0.717, 1.165) is 16.5 Å². The van der Waals surface area contributed by atoms with Crippen LogP contribution in [-0.4, -0.2) is 36.7 Å². The quantitative estimate of drug-likeness (QED) is 0.873. The number of anilines is 1. The zero-order valence-electron chi connectivity index (χ0n) is 12.1. The highest BCUT2D eigenvalue weighted by atomic mass is 16.5. The monoisotopic (exact) mass is 299 g/mol. The van der Waals surface area contributed by atoms with E-state index in [1.54, 1.807) is 4.90 Å². The normalized spacial score (nSPS) is 18.0. The maximum absolute atomic E-state index is 12.3. The van der Waals surface area contributed by atoms with E-state index in [1.165, 1.54) is 0 Å². The smallest absolute Gasteiger partial charge is 0.311 e. The van der Waals surface area contributed by atoms with Crippen molar-refractivity contribution in [1.29, 1.82) is 0 Å².